The third kappa shape index (κ3) is 7.25. The van der Waals surface area contributed by atoms with E-state index in [0.29, 0.717) is 38.5 Å². The van der Waals surface area contributed by atoms with Gasteiger partial charge in [0.05, 0.1) is 29.9 Å². The largest absolute Gasteiger partial charge is 0.493 e. The molecule has 1 aromatic carbocycles. The third-order valence-electron chi connectivity index (χ3n) is 8.24. The highest BCUT2D eigenvalue weighted by molar-refractivity contribution is 14.1. The molecule has 3 unspecified atom stereocenters. The molecule has 0 heterocycles. The number of aliphatic hydroxyl groups excluding tert-OH is 3. The fraction of sp³-hybridized carbons (Fsp3) is 0.655. The molecule has 2 amide bonds. The highest BCUT2D eigenvalue weighted by Crippen LogP contribution is 2.39. The third-order valence-corrected chi connectivity index (χ3v) is 9.04. The topological polar surface area (TPSA) is 129 Å². The van der Waals surface area contributed by atoms with Gasteiger partial charge in [-0.2, -0.15) is 0 Å². The normalized spacial score (nSPS) is 23.9. The first-order valence-corrected chi connectivity index (χ1v) is 15.2. The number of carbonyl (C=O) groups excluding carboxylic acids is 2. The van der Waals surface area contributed by atoms with Gasteiger partial charge < -0.3 is 35.0 Å². The van der Waals surface area contributed by atoms with Crippen molar-refractivity contribution < 1.29 is 34.4 Å². The molecule has 2 fully saturated rings. The van der Waals surface area contributed by atoms with Crippen LogP contribution in [0.2, 0.25) is 0 Å². The highest BCUT2D eigenvalue weighted by Gasteiger charge is 2.44. The van der Waals surface area contributed by atoms with Crippen LogP contribution < -0.4 is 14.8 Å². The van der Waals surface area contributed by atoms with Crippen molar-refractivity contribution in [2.75, 3.05) is 20.3 Å². The maximum absolute atomic E-state index is 13.8. The molecule has 3 aliphatic carbocycles. The molecule has 4 N–H and O–H groups in total. The van der Waals surface area contributed by atoms with E-state index in [0.717, 1.165) is 51.4 Å². The second-order valence-corrected chi connectivity index (χ2v) is 12.0. The number of nitrogens with one attached hydrogen (secondary N) is 1. The van der Waals surface area contributed by atoms with E-state index in [2.05, 4.69) is 27.9 Å². The van der Waals surface area contributed by atoms with Gasteiger partial charge in [-0.25, -0.2) is 0 Å². The predicted octanol–water partition coefficient (Wildman–Crippen LogP) is 3.06. The zero-order valence-electron chi connectivity index (χ0n) is 22.6. The average Bonchev–Trinajstić information content (AvgIpc) is 3.65. The summed E-state index contributed by atoms with van der Waals surface area (Å²) in [6, 6.07) is 2.86. The van der Waals surface area contributed by atoms with E-state index in [9.17, 15) is 24.9 Å². The molecule has 39 heavy (non-hydrogen) atoms. The quantitative estimate of drug-likeness (QED) is 0.270. The second kappa shape index (κ2) is 14.1. The standard InChI is InChI=1S/C29H41IN2O7/c1-38-25-13-19(17-34)12-22(30)28(25)39-24-16-20(29(37)31-10-11-33)15-23(27(24)36)32(21-8-4-5-9-21)26(35)14-18-6-2-3-7-18/h12-13,16,18,21,23-24,27,33-34,36H,2-11,14-15,17H2,1H3,(H,31,37). The Bertz CT molecular complexity index is 1040. The van der Waals surface area contributed by atoms with E-state index in [1.807, 2.05) is 4.90 Å². The SMILES string of the molecule is COc1cc(CO)cc(I)c1OC1C=C(C(=O)NCCO)CC(N(C(=O)CC2CCCC2)C2CCCC2)C1O. The molecule has 1 aromatic rings. The summed E-state index contributed by atoms with van der Waals surface area (Å²) in [5.41, 5.74) is 1.08. The van der Waals surface area contributed by atoms with Gasteiger partial charge in [0.25, 0.3) is 0 Å². The second-order valence-electron chi connectivity index (χ2n) is 10.9. The molecule has 216 valence electrons. The summed E-state index contributed by atoms with van der Waals surface area (Å²) in [4.78, 5) is 28.8. The Kier molecular flexibility index (Phi) is 10.9. The summed E-state index contributed by atoms with van der Waals surface area (Å²) in [6.07, 6.45) is 8.57. The Labute approximate surface area is 244 Å². The number of ether oxygens (including phenoxy) is 2. The van der Waals surface area contributed by atoms with Crippen molar-refractivity contribution in [1.82, 2.24) is 10.2 Å². The van der Waals surface area contributed by atoms with Gasteiger partial charge in [0.2, 0.25) is 11.8 Å². The number of carbonyl (C=O) groups is 2. The molecule has 2 saturated carbocycles. The van der Waals surface area contributed by atoms with Crippen LogP contribution in [0.25, 0.3) is 0 Å². The van der Waals surface area contributed by atoms with Crippen LogP contribution in [-0.2, 0) is 16.2 Å². The van der Waals surface area contributed by atoms with Crippen LogP contribution in [-0.4, -0.2) is 76.6 Å². The van der Waals surface area contributed by atoms with Crippen LogP contribution in [0, 0.1) is 9.49 Å². The molecular formula is C29H41IN2O7. The minimum Gasteiger partial charge on any atom is -0.493 e. The van der Waals surface area contributed by atoms with Gasteiger partial charge in [0.1, 0.15) is 12.2 Å². The van der Waals surface area contributed by atoms with Crippen LogP contribution in [0.4, 0.5) is 0 Å². The monoisotopic (exact) mass is 656 g/mol. The first kappa shape index (κ1) is 30.1. The van der Waals surface area contributed by atoms with Gasteiger partial charge in [-0.1, -0.05) is 25.7 Å². The van der Waals surface area contributed by atoms with E-state index in [4.69, 9.17) is 9.47 Å². The molecule has 0 saturated heterocycles. The lowest BCUT2D eigenvalue weighted by molar-refractivity contribution is -0.143. The molecule has 9 nitrogen and oxygen atoms in total. The van der Waals surface area contributed by atoms with Gasteiger partial charge in [-0.05, 0) is 78.0 Å². The van der Waals surface area contributed by atoms with Crippen molar-refractivity contribution in [1.29, 1.82) is 0 Å². The first-order chi connectivity index (χ1) is 18.9. The van der Waals surface area contributed by atoms with E-state index >= 15 is 0 Å². The predicted molar refractivity (Wildman–Crippen MR) is 154 cm³/mol. The summed E-state index contributed by atoms with van der Waals surface area (Å²) in [5, 5.41) is 33.3. The van der Waals surface area contributed by atoms with E-state index in [1.165, 1.54) is 7.11 Å². The molecule has 3 atom stereocenters. The van der Waals surface area contributed by atoms with Gasteiger partial charge in [-0.15, -0.1) is 0 Å². The molecular weight excluding hydrogens is 615 g/mol. The van der Waals surface area contributed by atoms with Gasteiger partial charge in [-0.3, -0.25) is 9.59 Å². The number of nitrogens with zero attached hydrogens (tertiary/aromatic N) is 1. The molecule has 0 radical (unpaired) electrons. The minimum absolute atomic E-state index is 0.0255. The molecule has 4 rings (SSSR count). The fourth-order valence-electron chi connectivity index (χ4n) is 6.27. The van der Waals surface area contributed by atoms with Crippen molar-refractivity contribution in [3.05, 3.63) is 32.9 Å². The van der Waals surface area contributed by atoms with Gasteiger partial charge >= 0.3 is 0 Å². The zero-order chi connectivity index (χ0) is 27.9. The lowest BCUT2D eigenvalue weighted by Crippen LogP contribution is -2.57. The van der Waals surface area contributed by atoms with Crippen molar-refractivity contribution in [3.8, 4) is 11.5 Å². The summed E-state index contributed by atoms with van der Waals surface area (Å²) in [7, 11) is 1.51. The molecule has 0 bridgehead atoms. The number of hydrogen-bond donors (Lipinski definition) is 4. The average molecular weight is 657 g/mol. The number of hydrogen-bond acceptors (Lipinski definition) is 7. The van der Waals surface area contributed by atoms with E-state index in [-0.39, 0.29) is 44.0 Å². The fourth-order valence-corrected chi connectivity index (χ4v) is 7.06. The summed E-state index contributed by atoms with van der Waals surface area (Å²) in [6.45, 7) is -0.239. The minimum atomic E-state index is -1.06. The molecule has 0 spiro atoms. The van der Waals surface area contributed by atoms with Gasteiger partial charge in [0.15, 0.2) is 11.5 Å². The number of amides is 2. The maximum Gasteiger partial charge on any atom is 0.247 e. The van der Waals surface area contributed by atoms with Crippen molar-refractivity contribution >= 4 is 34.4 Å². The Balaban J connectivity index is 1.68. The number of benzene rings is 1. The maximum atomic E-state index is 13.8. The molecule has 0 aliphatic heterocycles. The van der Waals surface area contributed by atoms with Crippen LogP contribution in [0.3, 0.4) is 0 Å². The van der Waals surface area contributed by atoms with E-state index < -0.39 is 18.2 Å². The Morgan fingerprint density at radius 3 is 2.44 bits per heavy atom. The van der Waals surface area contributed by atoms with Crippen molar-refractivity contribution in [3.63, 3.8) is 0 Å². The van der Waals surface area contributed by atoms with Crippen LogP contribution in [0.1, 0.15) is 69.8 Å². The van der Waals surface area contributed by atoms with Crippen molar-refractivity contribution in [2.24, 2.45) is 5.92 Å². The summed E-state index contributed by atoms with van der Waals surface area (Å²) in [5.74, 6) is 0.878. The first-order valence-electron chi connectivity index (χ1n) is 14.1. The Morgan fingerprint density at radius 1 is 1.10 bits per heavy atom. The summed E-state index contributed by atoms with van der Waals surface area (Å²) < 4.78 is 12.6. The number of rotatable bonds is 11. The smallest absolute Gasteiger partial charge is 0.247 e. The van der Waals surface area contributed by atoms with Crippen LogP contribution >= 0.6 is 22.6 Å². The van der Waals surface area contributed by atoms with Gasteiger partial charge in [0, 0.05) is 31.0 Å². The summed E-state index contributed by atoms with van der Waals surface area (Å²) >= 11 is 2.10. The molecule has 3 aliphatic rings. The van der Waals surface area contributed by atoms with Crippen LogP contribution in [0.5, 0.6) is 11.5 Å². The number of halogens is 1. The van der Waals surface area contributed by atoms with Crippen LogP contribution in [0.15, 0.2) is 23.8 Å². The van der Waals surface area contributed by atoms with Crippen molar-refractivity contribution in [2.45, 2.75) is 95.1 Å². The molecule has 0 aromatic heterocycles. The highest BCUT2D eigenvalue weighted by atomic mass is 127. The Morgan fingerprint density at radius 2 is 1.79 bits per heavy atom. The number of aliphatic hydroxyl groups is 3. The lowest BCUT2D eigenvalue weighted by Gasteiger charge is -2.43. The zero-order valence-corrected chi connectivity index (χ0v) is 24.8. The number of methoxy groups -OCH3 is 1. The van der Waals surface area contributed by atoms with E-state index in [1.54, 1.807) is 18.2 Å². The Hall–Kier alpha value is -1.89. The lowest BCUT2D eigenvalue weighted by atomic mass is 9.86. The molecule has 10 heteroatoms.